The third kappa shape index (κ3) is 2.58. The Morgan fingerprint density at radius 2 is 2.24 bits per heavy atom. The lowest BCUT2D eigenvalue weighted by Gasteiger charge is -2.13. The summed E-state index contributed by atoms with van der Waals surface area (Å²) in [5.74, 6) is 0.204. The van der Waals surface area contributed by atoms with Gasteiger partial charge in [-0.05, 0) is 34.8 Å². The lowest BCUT2D eigenvalue weighted by atomic mass is 10.3. The third-order valence-corrected chi connectivity index (χ3v) is 4.80. The molecule has 0 aromatic carbocycles. The predicted molar refractivity (Wildman–Crippen MR) is 64.6 cm³/mol. The highest BCUT2D eigenvalue weighted by Gasteiger charge is 2.46. The Balaban J connectivity index is 2.29. The quantitative estimate of drug-likeness (QED) is 0.872. The smallest absolute Gasteiger partial charge is 0.242 e. The van der Waals surface area contributed by atoms with E-state index in [1.54, 1.807) is 0 Å². The van der Waals surface area contributed by atoms with Crippen LogP contribution in [0.5, 0.6) is 0 Å². The van der Waals surface area contributed by atoms with Crippen molar-refractivity contribution in [1.82, 2.24) is 9.71 Å². The lowest BCUT2D eigenvalue weighted by Crippen LogP contribution is -2.38. The van der Waals surface area contributed by atoms with Crippen molar-refractivity contribution < 1.29 is 12.8 Å². The van der Waals surface area contributed by atoms with E-state index >= 15 is 0 Å². The molecule has 0 aliphatic heterocycles. The van der Waals surface area contributed by atoms with Crippen LogP contribution in [0.2, 0.25) is 0 Å². The van der Waals surface area contributed by atoms with Crippen molar-refractivity contribution in [2.75, 3.05) is 12.4 Å². The highest BCUT2D eigenvalue weighted by molar-refractivity contribution is 9.10. The molecule has 2 rings (SSSR count). The van der Waals surface area contributed by atoms with Crippen LogP contribution in [0, 0.1) is 0 Å². The normalized spacial score (nSPS) is 18.0. The molecule has 0 radical (unpaired) electrons. The first-order valence-electron chi connectivity index (χ1n) is 4.89. The van der Waals surface area contributed by atoms with Crippen molar-refractivity contribution >= 4 is 31.8 Å². The average Bonchev–Trinajstić information content (AvgIpc) is 3.02. The highest BCUT2D eigenvalue weighted by Crippen LogP contribution is 2.37. The summed E-state index contributed by atoms with van der Waals surface area (Å²) >= 11 is 3.10. The molecule has 1 aliphatic carbocycles. The van der Waals surface area contributed by atoms with Gasteiger partial charge in [-0.2, -0.15) is 0 Å². The number of anilines is 1. The molecule has 0 bridgehead atoms. The van der Waals surface area contributed by atoms with Gasteiger partial charge in [-0.3, -0.25) is 0 Å². The maximum Gasteiger partial charge on any atom is 0.242 e. The first-order chi connectivity index (χ1) is 7.88. The minimum Gasteiger partial charge on any atom is -0.383 e. The number of hydrogen-bond acceptors (Lipinski definition) is 4. The van der Waals surface area contributed by atoms with E-state index in [0.29, 0.717) is 17.3 Å². The third-order valence-electron chi connectivity index (χ3n) is 2.62. The minimum absolute atomic E-state index is 0.0294. The fourth-order valence-corrected chi connectivity index (χ4v) is 3.25. The van der Waals surface area contributed by atoms with Crippen LogP contribution in [0.4, 0.5) is 10.2 Å². The van der Waals surface area contributed by atoms with Gasteiger partial charge >= 0.3 is 0 Å². The number of rotatable bonds is 4. The molecule has 5 nitrogen and oxygen atoms in total. The van der Waals surface area contributed by atoms with Crippen LogP contribution in [-0.2, 0) is 10.0 Å². The first-order valence-corrected chi connectivity index (χ1v) is 7.17. The summed E-state index contributed by atoms with van der Waals surface area (Å²) in [7, 11) is -3.74. The second kappa shape index (κ2) is 4.18. The summed E-state index contributed by atoms with van der Waals surface area (Å²) in [5.41, 5.74) is 4.55. The fraction of sp³-hybridized carbons (Fsp3) is 0.444. The standard InChI is InChI=1S/C9H11BrFN3O2S/c10-7-3-6(4-13-8(7)12)17(15,16)14-9(5-11)1-2-9/h3-4,14H,1-2,5H2,(H2,12,13). The molecule has 0 saturated heterocycles. The molecule has 0 amide bonds. The Morgan fingerprint density at radius 1 is 1.59 bits per heavy atom. The van der Waals surface area contributed by atoms with Crippen LogP contribution >= 0.6 is 15.9 Å². The van der Waals surface area contributed by atoms with Gasteiger partial charge in [0.15, 0.2) is 0 Å². The molecule has 0 spiro atoms. The van der Waals surface area contributed by atoms with E-state index in [-0.39, 0.29) is 10.7 Å². The first kappa shape index (κ1) is 12.7. The summed E-state index contributed by atoms with van der Waals surface area (Å²) in [6.45, 7) is -0.699. The van der Waals surface area contributed by atoms with E-state index in [0.717, 1.165) is 6.20 Å². The number of nitrogens with zero attached hydrogens (tertiary/aromatic N) is 1. The molecule has 1 fully saturated rings. The van der Waals surface area contributed by atoms with E-state index in [4.69, 9.17) is 5.73 Å². The highest BCUT2D eigenvalue weighted by atomic mass is 79.9. The van der Waals surface area contributed by atoms with Crippen molar-refractivity contribution in [2.45, 2.75) is 23.3 Å². The second-order valence-electron chi connectivity index (χ2n) is 4.06. The molecule has 1 aromatic rings. The Hall–Kier alpha value is -0.730. The molecule has 94 valence electrons. The van der Waals surface area contributed by atoms with E-state index < -0.39 is 22.2 Å². The number of sulfonamides is 1. The van der Waals surface area contributed by atoms with Gasteiger partial charge in [0, 0.05) is 6.20 Å². The van der Waals surface area contributed by atoms with Gasteiger partial charge in [-0.1, -0.05) is 0 Å². The van der Waals surface area contributed by atoms with Gasteiger partial charge < -0.3 is 5.73 Å². The molecular formula is C9H11BrFN3O2S. The van der Waals surface area contributed by atoms with Crippen molar-refractivity contribution in [3.8, 4) is 0 Å². The number of hydrogen-bond donors (Lipinski definition) is 2. The summed E-state index contributed by atoms with van der Waals surface area (Å²) in [6.07, 6.45) is 2.19. The number of nitrogen functional groups attached to an aromatic ring is 1. The number of aromatic nitrogens is 1. The number of alkyl halides is 1. The second-order valence-corrected chi connectivity index (χ2v) is 6.59. The van der Waals surface area contributed by atoms with Gasteiger partial charge in [0.25, 0.3) is 0 Å². The van der Waals surface area contributed by atoms with Crippen molar-refractivity contribution in [3.63, 3.8) is 0 Å². The number of nitrogens with one attached hydrogen (secondary N) is 1. The molecule has 1 aliphatic rings. The van der Waals surface area contributed by atoms with E-state index in [1.165, 1.54) is 6.07 Å². The molecule has 1 saturated carbocycles. The van der Waals surface area contributed by atoms with Gasteiger partial charge in [-0.15, -0.1) is 0 Å². The largest absolute Gasteiger partial charge is 0.383 e. The lowest BCUT2D eigenvalue weighted by molar-refractivity contribution is 0.393. The van der Waals surface area contributed by atoms with E-state index in [1.807, 2.05) is 0 Å². The van der Waals surface area contributed by atoms with Crippen molar-refractivity contribution in [2.24, 2.45) is 0 Å². The maximum absolute atomic E-state index is 12.7. The van der Waals surface area contributed by atoms with Gasteiger partial charge in [0.2, 0.25) is 10.0 Å². The van der Waals surface area contributed by atoms with Crippen molar-refractivity contribution in [1.29, 1.82) is 0 Å². The van der Waals surface area contributed by atoms with Crippen LogP contribution < -0.4 is 10.5 Å². The molecule has 0 unspecified atom stereocenters. The van der Waals surface area contributed by atoms with Crippen LogP contribution in [0.15, 0.2) is 21.6 Å². The summed E-state index contributed by atoms with van der Waals surface area (Å²) in [6, 6.07) is 1.35. The number of halogens is 2. The average molecular weight is 324 g/mol. The Bertz CT molecular complexity index is 545. The fourth-order valence-electron chi connectivity index (χ4n) is 1.34. The zero-order valence-electron chi connectivity index (χ0n) is 8.78. The topological polar surface area (TPSA) is 85.1 Å². The molecule has 1 heterocycles. The van der Waals surface area contributed by atoms with E-state index in [9.17, 15) is 12.8 Å². The Kier molecular flexibility index (Phi) is 3.13. The predicted octanol–water partition coefficient (Wildman–Crippen LogP) is 1.21. The van der Waals surface area contributed by atoms with Gasteiger partial charge in [0.05, 0.1) is 10.0 Å². The molecule has 8 heteroatoms. The molecule has 3 N–H and O–H groups in total. The molecule has 0 atom stereocenters. The monoisotopic (exact) mass is 323 g/mol. The SMILES string of the molecule is Nc1ncc(S(=O)(=O)NC2(CF)CC2)cc1Br. The molecule has 1 aromatic heterocycles. The van der Waals surface area contributed by atoms with Gasteiger partial charge in [-0.25, -0.2) is 22.5 Å². The Morgan fingerprint density at radius 3 is 2.71 bits per heavy atom. The van der Waals surface area contributed by atoms with Crippen LogP contribution in [-0.4, -0.2) is 25.6 Å². The maximum atomic E-state index is 12.7. The summed E-state index contributed by atoms with van der Waals surface area (Å²) < 4.78 is 39.3. The molecular weight excluding hydrogens is 313 g/mol. The van der Waals surface area contributed by atoms with Crippen LogP contribution in [0.3, 0.4) is 0 Å². The van der Waals surface area contributed by atoms with Gasteiger partial charge in [0.1, 0.15) is 17.4 Å². The zero-order chi connectivity index (χ0) is 12.7. The summed E-state index contributed by atoms with van der Waals surface area (Å²) in [4.78, 5) is 3.71. The van der Waals surface area contributed by atoms with Crippen LogP contribution in [0.25, 0.3) is 0 Å². The minimum atomic E-state index is -3.74. The van der Waals surface area contributed by atoms with Crippen molar-refractivity contribution in [3.05, 3.63) is 16.7 Å². The summed E-state index contributed by atoms with van der Waals surface area (Å²) in [5, 5.41) is 0. The van der Waals surface area contributed by atoms with Crippen LogP contribution in [0.1, 0.15) is 12.8 Å². The molecule has 17 heavy (non-hydrogen) atoms. The number of pyridine rings is 1. The number of nitrogens with two attached hydrogens (primary N) is 1. The van der Waals surface area contributed by atoms with E-state index in [2.05, 4.69) is 25.6 Å². The Labute approximate surface area is 107 Å². The zero-order valence-corrected chi connectivity index (χ0v) is 11.2.